The zero-order chi connectivity index (χ0) is 14.5. The summed E-state index contributed by atoms with van der Waals surface area (Å²) in [6.45, 7) is 7.82. The van der Waals surface area contributed by atoms with Crippen molar-refractivity contribution in [2.24, 2.45) is 0 Å². The molecule has 3 heteroatoms. The van der Waals surface area contributed by atoms with Crippen molar-refractivity contribution in [3.8, 4) is 0 Å². The van der Waals surface area contributed by atoms with Crippen LogP contribution in [0.5, 0.6) is 0 Å². The maximum absolute atomic E-state index is 11.9. The Kier molecular flexibility index (Phi) is 4.74. The van der Waals surface area contributed by atoms with Crippen molar-refractivity contribution in [2.75, 3.05) is 6.54 Å². The molecule has 0 spiro atoms. The highest BCUT2D eigenvalue weighted by Crippen LogP contribution is 2.18. The van der Waals surface area contributed by atoms with Gasteiger partial charge in [0.15, 0.2) is 0 Å². The lowest BCUT2D eigenvalue weighted by Crippen LogP contribution is -2.30. The predicted molar refractivity (Wildman–Crippen MR) is 83.0 cm³/mol. The average Bonchev–Trinajstić information content (AvgIpc) is 2.39. The summed E-state index contributed by atoms with van der Waals surface area (Å²) in [5, 5.41) is 3.47. The fourth-order valence-electron chi connectivity index (χ4n) is 2.55. The normalized spacial score (nSPS) is 12.3. The molecule has 2 rings (SSSR count). The third kappa shape index (κ3) is 3.58. The Bertz CT molecular complexity index is 611. The number of benzene rings is 1. The highest BCUT2D eigenvalue weighted by atomic mass is 16.1. The summed E-state index contributed by atoms with van der Waals surface area (Å²) in [5.41, 5.74) is 3.78. The van der Waals surface area contributed by atoms with Crippen LogP contribution >= 0.6 is 0 Å². The topological polar surface area (TPSA) is 34.0 Å². The monoisotopic (exact) mass is 270 g/mol. The molecule has 1 aromatic carbocycles. The van der Waals surface area contributed by atoms with Crippen LogP contribution in [0.3, 0.4) is 0 Å². The molecule has 1 N–H and O–H groups in total. The molecule has 1 aromatic heterocycles. The van der Waals surface area contributed by atoms with E-state index in [1.165, 1.54) is 16.7 Å². The molecule has 1 unspecified atom stereocenters. The first kappa shape index (κ1) is 14.5. The molecule has 0 amide bonds. The van der Waals surface area contributed by atoms with E-state index in [1.54, 1.807) is 16.7 Å². The van der Waals surface area contributed by atoms with E-state index in [2.05, 4.69) is 44.3 Å². The van der Waals surface area contributed by atoms with Gasteiger partial charge in [0.05, 0.1) is 6.04 Å². The second kappa shape index (κ2) is 6.53. The Hall–Kier alpha value is -1.87. The van der Waals surface area contributed by atoms with Gasteiger partial charge in [0.2, 0.25) is 0 Å². The molecular weight excluding hydrogens is 248 g/mol. The summed E-state index contributed by atoms with van der Waals surface area (Å²) >= 11 is 0. The third-order valence-corrected chi connectivity index (χ3v) is 3.38. The van der Waals surface area contributed by atoms with Crippen LogP contribution in [-0.4, -0.2) is 11.1 Å². The Labute approximate surface area is 120 Å². The molecule has 0 aliphatic carbocycles. The number of hydrogen-bond donors (Lipinski definition) is 1. The predicted octanol–water partition coefficient (Wildman–Crippen LogP) is 2.82. The smallest absolute Gasteiger partial charge is 0.250 e. The third-order valence-electron chi connectivity index (χ3n) is 3.38. The van der Waals surface area contributed by atoms with Gasteiger partial charge in [-0.15, -0.1) is 0 Å². The SMILES string of the molecule is CCNC(Cn1ccccc1=O)c1cc(C)cc(C)c1. The molecular formula is C17H22N2O. The van der Waals surface area contributed by atoms with Crippen molar-refractivity contribution < 1.29 is 0 Å². The number of aryl methyl sites for hydroxylation is 2. The van der Waals surface area contributed by atoms with Crippen LogP contribution in [0.2, 0.25) is 0 Å². The number of likely N-dealkylation sites (N-methyl/N-ethyl adjacent to an activating group) is 1. The van der Waals surface area contributed by atoms with Crippen LogP contribution in [-0.2, 0) is 6.54 Å². The molecule has 0 saturated carbocycles. The first-order chi connectivity index (χ1) is 9.60. The minimum Gasteiger partial charge on any atom is -0.314 e. The van der Waals surface area contributed by atoms with E-state index in [1.807, 2.05) is 12.3 Å². The summed E-state index contributed by atoms with van der Waals surface area (Å²) < 4.78 is 1.75. The van der Waals surface area contributed by atoms with Gasteiger partial charge in [-0.2, -0.15) is 0 Å². The van der Waals surface area contributed by atoms with E-state index >= 15 is 0 Å². The number of aromatic nitrogens is 1. The lowest BCUT2D eigenvalue weighted by Gasteiger charge is -2.20. The standard InChI is InChI=1S/C17H22N2O/c1-4-18-16(12-19-8-6-5-7-17(19)20)15-10-13(2)9-14(3)11-15/h5-11,16,18H,4,12H2,1-3H3. The number of rotatable bonds is 5. The molecule has 0 aliphatic rings. The quantitative estimate of drug-likeness (QED) is 0.906. The van der Waals surface area contributed by atoms with Crippen LogP contribution in [0.15, 0.2) is 47.4 Å². The Morgan fingerprint density at radius 2 is 1.85 bits per heavy atom. The van der Waals surface area contributed by atoms with Crippen molar-refractivity contribution in [3.05, 3.63) is 69.6 Å². The Morgan fingerprint density at radius 3 is 2.45 bits per heavy atom. The fourth-order valence-corrected chi connectivity index (χ4v) is 2.55. The van der Waals surface area contributed by atoms with E-state index < -0.39 is 0 Å². The van der Waals surface area contributed by atoms with Crippen LogP contribution < -0.4 is 10.9 Å². The maximum Gasteiger partial charge on any atom is 0.250 e. The highest BCUT2D eigenvalue weighted by Gasteiger charge is 2.12. The number of hydrogen-bond acceptors (Lipinski definition) is 2. The molecule has 0 radical (unpaired) electrons. The van der Waals surface area contributed by atoms with Crippen LogP contribution in [0, 0.1) is 13.8 Å². The summed E-state index contributed by atoms with van der Waals surface area (Å²) in [5.74, 6) is 0. The van der Waals surface area contributed by atoms with Gasteiger partial charge >= 0.3 is 0 Å². The molecule has 0 fully saturated rings. The summed E-state index contributed by atoms with van der Waals surface area (Å²) in [6.07, 6.45) is 1.84. The first-order valence-electron chi connectivity index (χ1n) is 7.07. The van der Waals surface area contributed by atoms with Gasteiger partial charge in [-0.25, -0.2) is 0 Å². The fraction of sp³-hybridized carbons (Fsp3) is 0.353. The van der Waals surface area contributed by atoms with Crippen molar-refractivity contribution in [3.63, 3.8) is 0 Å². The van der Waals surface area contributed by atoms with Crippen LogP contribution in [0.1, 0.15) is 29.7 Å². The van der Waals surface area contributed by atoms with E-state index in [4.69, 9.17) is 0 Å². The average molecular weight is 270 g/mol. The second-order valence-corrected chi connectivity index (χ2v) is 5.22. The highest BCUT2D eigenvalue weighted by molar-refractivity contribution is 5.30. The molecule has 106 valence electrons. The molecule has 0 bridgehead atoms. The van der Waals surface area contributed by atoms with Crippen molar-refractivity contribution >= 4 is 0 Å². The molecule has 2 aromatic rings. The van der Waals surface area contributed by atoms with Gasteiger partial charge in [0.1, 0.15) is 0 Å². The zero-order valence-corrected chi connectivity index (χ0v) is 12.4. The van der Waals surface area contributed by atoms with E-state index in [0.29, 0.717) is 6.54 Å². The van der Waals surface area contributed by atoms with Crippen molar-refractivity contribution in [2.45, 2.75) is 33.4 Å². The van der Waals surface area contributed by atoms with E-state index in [9.17, 15) is 4.79 Å². The van der Waals surface area contributed by atoms with Gasteiger partial charge in [-0.1, -0.05) is 42.3 Å². The van der Waals surface area contributed by atoms with Crippen LogP contribution in [0.25, 0.3) is 0 Å². The first-order valence-corrected chi connectivity index (χ1v) is 7.07. The largest absolute Gasteiger partial charge is 0.314 e. The number of pyridine rings is 1. The number of nitrogens with zero attached hydrogens (tertiary/aromatic N) is 1. The second-order valence-electron chi connectivity index (χ2n) is 5.22. The Balaban J connectivity index is 2.31. The van der Waals surface area contributed by atoms with E-state index in [-0.39, 0.29) is 11.6 Å². The zero-order valence-electron chi connectivity index (χ0n) is 12.4. The molecule has 20 heavy (non-hydrogen) atoms. The van der Waals surface area contributed by atoms with E-state index in [0.717, 1.165) is 6.54 Å². The molecule has 0 saturated heterocycles. The van der Waals surface area contributed by atoms with Gasteiger partial charge in [0.25, 0.3) is 5.56 Å². The lowest BCUT2D eigenvalue weighted by atomic mass is 10.0. The lowest BCUT2D eigenvalue weighted by molar-refractivity contribution is 0.467. The summed E-state index contributed by atoms with van der Waals surface area (Å²) in [6, 6.07) is 12.0. The summed E-state index contributed by atoms with van der Waals surface area (Å²) in [7, 11) is 0. The van der Waals surface area contributed by atoms with Gasteiger partial charge in [-0.3, -0.25) is 4.79 Å². The summed E-state index contributed by atoms with van der Waals surface area (Å²) in [4.78, 5) is 11.9. The molecule has 1 heterocycles. The maximum atomic E-state index is 11.9. The molecule has 0 aliphatic heterocycles. The van der Waals surface area contributed by atoms with Gasteiger partial charge in [-0.05, 0) is 32.0 Å². The van der Waals surface area contributed by atoms with Gasteiger partial charge in [0, 0.05) is 18.8 Å². The molecule has 3 nitrogen and oxygen atoms in total. The van der Waals surface area contributed by atoms with Crippen molar-refractivity contribution in [1.82, 2.24) is 9.88 Å². The van der Waals surface area contributed by atoms with Crippen molar-refractivity contribution in [1.29, 1.82) is 0 Å². The minimum absolute atomic E-state index is 0.0415. The Morgan fingerprint density at radius 1 is 1.15 bits per heavy atom. The molecule has 1 atom stereocenters. The minimum atomic E-state index is 0.0415. The number of nitrogens with one attached hydrogen (secondary N) is 1. The van der Waals surface area contributed by atoms with Crippen LogP contribution in [0.4, 0.5) is 0 Å². The van der Waals surface area contributed by atoms with Gasteiger partial charge < -0.3 is 9.88 Å².